The first kappa shape index (κ1) is 23.4. The maximum absolute atomic E-state index is 13.8. The summed E-state index contributed by atoms with van der Waals surface area (Å²) in [7, 11) is 0. The first-order valence-electron chi connectivity index (χ1n) is 11.8. The third-order valence-corrected chi connectivity index (χ3v) is 6.14. The molecular formula is C29H26N2O5. The van der Waals surface area contributed by atoms with Crippen LogP contribution in [0.4, 0.5) is 0 Å². The van der Waals surface area contributed by atoms with Gasteiger partial charge in [0.25, 0.3) is 5.91 Å². The standard InChI is InChI=1S/C29H26N2O5/c1-4-13-35-23-11-9-20(15-24(23)34-5-2)26-25-27(32)21-14-18(3)8-10-22(21)36-28(25)29(33)31(26)17-19-7-6-12-30-16-19/h4,6-12,14-16,26H,1,5,13,17H2,2-3H3/t26-/m0/s1. The van der Waals surface area contributed by atoms with E-state index < -0.39 is 6.04 Å². The summed E-state index contributed by atoms with van der Waals surface area (Å²) in [5, 5.41) is 0.450. The zero-order chi connectivity index (χ0) is 25.2. The van der Waals surface area contributed by atoms with Gasteiger partial charge in [-0.1, -0.05) is 36.4 Å². The maximum Gasteiger partial charge on any atom is 0.291 e. The van der Waals surface area contributed by atoms with E-state index in [9.17, 15) is 9.59 Å². The van der Waals surface area contributed by atoms with Crippen molar-refractivity contribution in [2.75, 3.05) is 13.2 Å². The summed E-state index contributed by atoms with van der Waals surface area (Å²) >= 11 is 0. The summed E-state index contributed by atoms with van der Waals surface area (Å²) in [4.78, 5) is 33.3. The summed E-state index contributed by atoms with van der Waals surface area (Å²) in [6.07, 6.45) is 5.04. The molecule has 2 aromatic heterocycles. The van der Waals surface area contributed by atoms with Crippen LogP contribution in [0.5, 0.6) is 11.5 Å². The van der Waals surface area contributed by atoms with Crippen LogP contribution in [-0.2, 0) is 6.54 Å². The number of nitrogens with zero attached hydrogens (tertiary/aromatic N) is 2. The molecule has 4 aromatic rings. The molecule has 182 valence electrons. The van der Waals surface area contributed by atoms with E-state index in [0.29, 0.717) is 41.2 Å². The lowest BCUT2D eigenvalue weighted by atomic mass is 9.97. The van der Waals surface area contributed by atoms with E-state index in [0.717, 1.165) is 16.7 Å². The van der Waals surface area contributed by atoms with Crippen LogP contribution in [0.1, 0.15) is 45.8 Å². The van der Waals surface area contributed by atoms with Gasteiger partial charge < -0.3 is 18.8 Å². The number of amides is 1. The minimum atomic E-state index is -0.665. The first-order chi connectivity index (χ1) is 17.5. The molecule has 5 rings (SSSR count). The normalized spacial score (nSPS) is 14.7. The quantitative estimate of drug-likeness (QED) is 0.321. The molecule has 36 heavy (non-hydrogen) atoms. The van der Waals surface area contributed by atoms with Gasteiger partial charge in [0.15, 0.2) is 16.9 Å². The summed E-state index contributed by atoms with van der Waals surface area (Å²) in [5.74, 6) is 0.809. The molecule has 0 bridgehead atoms. The van der Waals surface area contributed by atoms with Crippen molar-refractivity contribution in [3.8, 4) is 11.5 Å². The van der Waals surface area contributed by atoms with Crippen LogP contribution in [0.2, 0.25) is 0 Å². The van der Waals surface area contributed by atoms with Gasteiger partial charge >= 0.3 is 0 Å². The highest BCUT2D eigenvalue weighted by molar-refractivity contribution is 5.99. The molecule has 1 atom stereocenters. The lowest BCUT2D eigenvalue weighted by molar-refractivity contribution is 0.0714. The van der Waals surface area contributed by atoms with Gasteiger partial charge in [-0.05, 0) is 55.3 Å². The third-order valence-electron chi connectivity index (χ3n) is 6.14. The second-order valence-corrected chi connectivity index (χ2v) is 8.61. The van der Waals surface area contributed by atoms with Crippen LogP contribution >= 0.6 is 0 Å². The Morgan fingerprint density at radius 1 is 1.11 bits per heavy atom. The van der Waals surface area contributed by atoms with Crippen LogP contribution in [0.15, 0.2) is 82.8 Å². The molecule has 2 aromatic carbocycles. The fourth-order valence-electron chi connectivity index (χ4n) is 4.56. The van der Waals surface area contributed by atoms with Crippen molar-refractivity contribution >= 4 is 16.9 Å². The van der Waals surface area contributed by atoms with Crippen LogP contribution in [0.25, 0.3) is 11.0 Å². The molecule has 0 saturated heterocycles. The molecule has 7 heteroatoms. The van der Waals surface area contributed by atoms with E-state index in [-0.39, 0.29) is 23.6 Å². The Labute approximate surface area is 208 Å². The molecule has 0 spiro atoms. The Hall–Kier alpha value is -4.39. The van der Waals surface area contributed by atoms with Crippen molar-refractivity contribution in [2.45, 2.75) is 26.4 Å². The van der Waals surface area contributed by atoms with Gasteiger partial charge in [0.05, 0.1) is 23.6 Å². The average molecular weight is 483 g/mol. The molecule has 0 N–H and O–H groups in total. The van der Waals surface area contributed by atoms with Gasteiger partial charge in [-0.2, -0.15) is 0 Å². The fourth-order valence-corrected chi connectivity index (χ4v) is 4.56. The number of hydrogen-bond acceptors (Lipinski definition) is 6. The number of rotatable bonds is 8. The number of fused-ring (bicyclic) bond motifs is 2. The monoisotopic (exact) mass is 482 g/mol. The predicted octanol–water partition coefficient (Wildman–Crippen LogP) is 5.21. The Morgan fingerprint density at radius 2 is 1.97 bits per heavy atom. The van der Waals surface area contributed by atoms with Crippen molar-refractivity contribution in [2.24, 2.45) is 0 Å². The highest BCUT2D eigenvalue weighted by Gasteiger charge is 2.43. The number of hydrogen-bond donors (Lipinski definition) is 0. The molecule has 0 unspecified atom stereocenters. The van der Waals surface area contributed by atoms with Crippen molar-refractivity contribution in [3.63, 3.8) is 0 Å². The lowest BCUT2D eigenvalue weighted by Crippen LogP contribution is -2.29. The number of carbonyl (C=O) groups excluding carboxylic acids is 1. The number of ether oxygens (including phenoxy) is 2. The van der Waals surface area contributed by atoms with Crippen molar-refractivity contribution in [3.05, 3.63) is 112 Å². The first-order valence-corrected chi connectivity index (χ1v) is 11.8. The van der Waals surface area contributed by atoms with Crippen LogP contribution in [-0.4, -0.2) is 29.0 Å². The molecule has 7 nitrogen and oxygen atoms in total. The van der Waals surface area contributed by atoms with Crippen LogP contribution in [0, 0.1) is 6.92 Å². The van der Waals surface area contributed by atoms with E-state index in [1.165, 1.54) is 0 Å². The molecular weight excluding hydrogens is 456 g/mol. The fraction of sp³-hybridized carbons (Fsp3) is 0.207. The molecule has 3 heterocycles. The second kappa shape index (κ2) is 9.70. The van der Waals surface area contributed by atoms with E-state index in [1.807, 2.05) is 44.2 Å². The number of carbonyl (C=O) groups is 1. The molecule has 1 aliphatic rings. The van der Waals surface area contributed by atoms with E-state index in [1.54, 1.807) is 41.6 Å². The summed E-state index contributed by atoms with van der Waals surface area (Å²) < 4.78 is 17.6. The van der Waals surface area contributed by atoms with Gasteiger partial charge in [-0.15, -0.1) is 0 Å². The van der Waals surface area contributed by atoms with E-state index >= 15 is 0 Å². The SMILES string of the molecule is C=CCOc1ccc([C@H]2c3c(oc4ccc(C)cc4c3=O)C(=O)N2Cc2cccnc2)cc1OCC. The van der Waals surface area contributed by atoms with Gasteiger partial charge in [0, 0.05) is 18.9 Å². The minimum absolute atomic E-state index is 0.0650. The van der Waals surface area contributed by atoms with Crippen LogP contribution < -0.4 is 14.9 Å². The number of aryl methyl sites for hydroxylation is 1. The summed E-state index contributed by atoms with van der Waals surface area (Å²) in [5.41, 5.74) is 3.00. The molecule has 0 aliphatic carbocycles. The smallest absolute Gasteiger partial charge is 0.291 e. The lowest BCUT2D eigenvalue weighted by Gasteiger charge is -2.26. The van der Waals surface area contributed by atoms with Gasteiger partial charge in [0.1, 0.15) is 12.2 Å². The highest BCUT2D eigenvalue weighted by atomic mass is 16.5. The zero-order valence-corrected chi connectivity index (χ0v) is 20.2. The maximum atomic E-state index is 13.8. The Bertz CT molecular complexity index is 1510. The average Bonchev–Trinajstić information content (AvgIpc) is 3.16. The summed E-state index contributed by atoms with van der Waals surface area (Å²) in [6, 6.07) is 13.9. The zero-order valence-electron chi connectivity index (χ0n) is 20.2. The topological polar surface area (TPSA) is 81.9 Å². The van der Waals surface area contributed by atoms with E-state index in [2.05, 4.69) is 11.6 Å². The van der Waals surface area contributed by atoms with Crippen LogP contribution in [0.3, 0.4) is 0 Å². The van der Waals surface area contributed by atoms with Gasteiger partial charge in [0.2, 0.25) is 5.76 Å². The Morgan fingerprint density at radius 3 is 2.72 bits per heavy atom. The third kappa shape index (κ3) is 4.13. The highest BCUT2D eigenvalue weighted by Crippen LogP contribution is 2.41. The van der Waals surface area contributed by atoms with Gasteiger partial charge in [-0.25, -0.2) is 0 Å². The predicted molar refractivity (Wildman–Crippen MR) is 136 cm³/mol. The molecule has 0 saturated carbocycles. The molecule has 1 amide bonds. The van der Waals surface area contributed by atoms with E-state index in [4.69, 9.17) is 13.9 Å². The number of aromatic nitrogens is 1. The van der Waals surface area contributed by atoms with Crippen molar-refractivity contribution < 1.29 is 18.7 Å². The molecule has 0 fully saturated rings. The Kier molecular flexibility index (Phi) is 6.29. The molecule has 1 aliphatic heterocycles. The van der Waals surface area contributed by atoms with Crippen molar-refractivity contribution in [1.29, 1.82) is 0 Å². The second-order valence-electron chi connectivity index (χ2n) is 8.61. The largest absolute Gasteiger partial charge is 0.490 e. The van der Waals surface area contributed by atoms with Crippen molar-refractivity contribution in [1.82, 2.24) is 9.88 Å². The van der Waals surface area contributed by atoms with Gasteiger partial charge in [-0.3, -0.25) is 14.6 Å². The Balaban J connectivity index is 1.70. The minimum Gasteiger partial charge on any atom is -0.490 e. The summed E-state index contributed by atoms with van der Waals surface area (Å²) in [6.45, 7) is 8.51. The number of benzene rings is 2. The number of pyridine rings is 1. The molecule has 0 radical (unpaired) electrons.